The zero-order valence-corrected chi connectivity index (χ0v) is 12.3. The van der Waals surface area contributed by atoms with E-state index in [1.165, 1.54) is 0 Å². The first-order valence-electron chi connectivity index (χ1n) is 6.66. The molecule has 0 radical (unpaired) electrons. The second kappa shape index (κ2) is 5.99. The minimum Gasteiger partial charge on any atom is -0.383 e. The molecule has 3 aromatic rings. The molecule has 0 fully saturated rings. The molecule has 110 valence electrons. The first-order valence-corrected chi connectivity index (χ1v) is 7.04. The second-order valence-electron chi connectivity index (χ2n) is 4.80. The van der Waals surface area contributed by atoms with E-state index in [1.807, 2.05) is 18.2 Å². The van der Waals surface area contributed by atoms with Crippen LogP contribution in [0.3, 0.4) is 0 Å². The number of nitrogens with two attached hydrogens (primary N) is 1. The van der Waals surface area contributed by atoms with E-state index in [4.69, 9.17) is 17.3 Å². The summed E-state index contributed by atoms with van der Waals surface area (Å²) in [4.78, 5) is 20.5. The van der Waals surface area contributed by atoms with Gasteiger partial charge in [0.2, 0.25) is 0 Å². The summed E-state index contributed by atoms with van der Waals surface area (Å²) in [5.74, 6) is -0.0934. The molecule has 0 unspecified atom stereocenters. The van der Waals surface area contributed by atoms with Gasteiger partial charge in [-0.25, -0.2) is 4.98 Å². The van der Waals surface area contributed by atoms with Crippen molar-refractivity contribution in [3.63, 3.8) is 0 Å². The molecule has 0 aliphatic carbocycles. The Morgan fingerprint density at radius 2 is 2.14 bits per heavy atom. The fraction of sp³-hybridized carbons (Fsp3) is 0.0625. The van der Waals surface area contributed by atoms with Crippen LogP contribution >= 0.6 is 11.6 Å². The van der Waals surface area contributed by atoms with E-state index in [0.717, 1.165) is 10.9 Å². The smallest absolute Gasteiger partial charge is 0.255 e. The van der Waals surface area contributed by atoms with Crippen molar-refractivity contribution in [1.29, 1.82) is 0 Å². The molecule has 22 heavy (non-hydrogen) atoms. The molecule has 2 aromatic heterocycles. The number of benzene rings is 1. The maximum atomic E-state index is 12.3. The zero-order chi connectivity index (χ0) is 15.5. The summed E-state index contributed by atoms with van der Waals surface area (Å²) in [6.07, 6.45) is 3.38. The van der Waals surface area contributed by atoms with Gasteiger partial charge < -0.3 is 11.1 Å². The monoisotopic (exact) mass is 312 g/mol. The van der Waals surface area contributed by atoms with Crippen LogP contribution in [0.4, 0.5) is 5.82 Å². The highest BCUT2D eigenvalue weighted by Crippen LogP contribution is 2.21. The lowest BCUT2D eigenvalue weighted by molar-refractivity contribution is 0.0951. The Morgan fingerprint density at radius 3 is 2.91 bits per heavy atom. The molecule has 5 nitrogen and oxygen atoms in total. The first-order chi connectivity index (χ1) is 10.6. The largest absolute Gasteiger partial charge is 0.383 e. The number of pyridine rings is 2. The Hall–Kier alpha value is -2.66. The summed E-state index contributed by atoms with van der Waals surface area (Å²) >= 11 is 5.92. The molecule has 0 atom stereocenters. The Balaban J connectivity index is 1.84. The number of halogens is 1. The fourth-order valence-electron chi connectivity index (χ4n) is 2.12. The number of nitrogen functional groups attached to an aromatic ring is 1. The second-order valence-corrected chi connectivity index (χ2v) is 5.24. The number of anilines is 1. The maximum Gasteiger partial charge on any atom is 0.255 e. The molecule has 3 rings (SSSR count). The fourth-order valence-corrected chi connectivity index (χ4v) is 2.28. The molecule has 0 saturated heterocycles. The molecule has 0 aliphatic rings. The van der Waals surface area contributed by atoms with Gasteiger partial charge in [-0.05, 0) is 29.8 Å². The number of nitrogens with one attached hydrogen (secondary N) is 1. The van der Waals surface area contributed by atoms with Crippen molar-refractivity contribution >= 4 is 34.2 Å². The van der Waals surface area contributed by atoms with Gasteiger partial charge in [-0.3, -0.25) is 9.78 Å². The third-order valence-electron chi connectivity index (χ3n) is 3.23. The van der Waals surface area contributed by atoms with Crippen LogP contribution in [0, 0.1) is 0 Å². The van der Waals surface area contributed by atoms with E-state index >= 15 is 0 Å². The normalized spacial score (nSPS) is 10.6. The molecule has 0 spiro atoms. The van der Waals surface area contributed by atoms with Gasteiger partial charge >= 0.3 is 0 Å². The molecule has 6 heteroatoms. The summed E-state index contributed by atoms with van der Waals surface area (Å²) in [6.45, 7) is 0.380. The molecule has 0 saturated carbocycles. The van der Waals surface area contributed by atoms with Crippen molar-refractivity contribution in [3.05, 3.63) is 64.9 Å². The number of nitrogens with zero attached hydrogens (tertiary/aromatic N) is 2. The number of aromatic nitrogens is 2. The highest BCUT2D eigenvalue weighted by molar-refractivity contribution is 6.31. The molecule has 1 aromatic carbocycles. The van der Waals surface area contributed by atoms with E-state index < -0.39 is 0 Å². The van der Waals surface area contributed by atoms with Gasteiger partial charge in [-0.1, -0.05) is 23.7 Å². The lowest BCUT2D eigenvalue weighted by atomic mass is 10.1. The molecule has 0 bridgehead atoms. The third kappa shape index (κ3) is 2.99. The zero-order valence-electron chi connectivity index (χ0n) is 11.6. The summed E-state index contributed by atoms with van der Waals surface area (Å²) in [5, 5.41) is 4.19. The average Bonchev–Trinajstić information content (AvgIpc) is 2.53. The predicted octanol–water partition coefficient (Wildman–Crippen LogP) is 2.80. The highest BCUT2D eigenvalue weighted by atomic mass is 35.5. The van der Waals surface area contributed by atoms with Crippen LogP contribution in [0.25, 0.3) is 10.9 Å². The van der Waals surface area contributed by atoms with Gasteiger partial charge in [0, 0.05) is 29.3 Å². The summed E-state index contributed by atoms with van der Waals surface area (Å²) < 4.78 is 0. The Morgan fingerprint density at radius 1 is 1.27 bits per heavy atom. The van der Waals surface area contributed by atoms with Crippen LogP contribution in [0.5, 0.6) is 0 Å². The molecule has 1 amide bonds. The van der Waals surface area contributed by atoms with Crippen molar-refractivity contribution < 1.29 is 4.79 Å². The molecular formula is C16H13ClN4O. The third-order valence-corrected chi connectivity index (χ3v) is 3.46. The predicted molar refractivity (Wildman–Crippen MR) is 86.6 cm³/mol. The molecule has 2 heterocycles. The number of carbonyl (C=O) groups is 1. The minimum atomic E-state index is -0.272. The van der Waals surface area contributed by atoms with Gasteiger partial charge in [0.05, 0.1) is 11.1 Å². The van der Waals surface area contributed by atoms with Crippen LogP contribution in [-0.4, -0.2) is 15.9 Å². The van der Waals surface area contributed by atoms with Gasteiger partial charge in [-0.15, -0.1) is 0 Å². The minimum absolute atomic E-state index is 0.179. The summed E-state index contributed by atoms with van der Waals surface area (Å²) in [5.41, 5.74) is 7.80. The average molecular weight is 313 g/mol. The Kier molecular flexibility index (Phi) is 3.89. The van der Waals surface area contributed by atoms with Crippen LogP contribution < -0.4 is 11.1 Å². The number of fused-ring (bicyclic) bond motifs is 1. The quantitative estimate of drug-likeness (QED) is 0.779. The topological polar surface area (TPSA) is 80.9 Å². The van der Waals surface area contributed by atoms with Crippen LogP contribution in [-0.2, 0) is 6.54 Å². The van der Waals surface area contributed by atoms with Gasteiger partial charge in [0.1, 0.15) is 5.82 Å². The number of carbonyl (C=O) groups excluding carboxylic acids is 1. The van der Waals surface area contributed by atoms with Crippen LogP contribution in [0.1, 0.15) is 15.9 Å². The lowest BCUT2D eigenvalue weighted by Crippen LogP contribution is -2.24. The van der Waals surface area contributed by atoms with Gasteiger partial charge in [0.15, 0.2) is 0 Å². The van der Waals surface area contributed by atoms with Crippen LogP contribution in [0.2, 0.25) is 5.02 Å². The van der Waals surface area contributed by atoms with E-state index in [9.17, 15) is 4.79 Å². The van der Waals surface area contributed by atoms with Crippen molar-refractivity contribution in [2.24, 2.45) is 0 Å². The van der Waals surface area contributed by atoms with Crippen molar-refractivity contribution in [2.75, 3.05) is 5.73 Å². The van der Waals surface area contributed by atoms with Crippen molar-refractivity contribution in [3.8, 4) is 0 Å². The Labute approximate surface area is 132 Å². The first kappa shape index (κ1) is 14.3. The summed E-state index contributed by atoms with van der Waals surface area (Å²) in [6, 6.07) is 10.7. The standard InChI is InChI=1S/C16H13ClN4O/c17-12-4-3-11-6-13(15(18)21-14(11)7-12)16(22)20-9-10-2-1-5-19-8-10/h1-8H,9H2,(H2,18,21)(H,20,22). The van der Waals surface area contributed by atoms with Gasteiger partial charge in [0.25, 0.3) is 5.91 Å². The van der Waals surface area contributed by atoms with Crippen molar-refractivity contribution in [2.45, 2.75) is 6.54 Å². The lowest BCUT2D eigenvalue weighted by Gasteiger charge is -2.08. The SMILES string of the molecule is Nc1nc2cc(Cl)ccc2cc1C(=O)NCc1cccnc1. The summed E-state index contributed by atoms with van der Waals surface area (Å²) in [7, 11) is 0. The highest BCUT2D eigenvalue weighted by Gasteiger charge is 2.12. The molecular weight excluding hydrogens is 300 g/mol. The number of amides is 1. The number of hydrogen-bond acceptors (Lipinski definition) is 4. The molecule has 0 aliphatic heterocycles. The molecule has 3 N–H and O–H groups in total. The van der Waals surface area contributed by atoms with E-state index in [0.29, 0.717) is 22.6 Å². The van der Waals surface area contributed by atoms with E-state index in [1.54, 1.807) is 30.6 Å². The number of hydrogen-bond donors (Lipinski definition) is 2. The van der Waals surface area contributed by atoms with E-state index in [-0.39, 0.29) is 11.7 Å². The number of rotatable bonds is 3. The Bertz CT molecular complexity index is 836. The maximum absolute atomic E-state index is 12.3. The van der Waals surface area contributed by atoms with Crippen LogP contribution in [0.15, 0.2) is 48.8 Å². The van der Waals surface area contributed by atoms with E-state index in [2.05, 4.69) is 15.3 Å². The van der Waals surface area contributed by atoms with Gasteiger partial charge in [-0.2, -0.15) is 0 Å². The van der Waals surface area contributed by atoms with Crippen molar-refractivity contribution in [1.82, 2.24) is 15.3 Å².